The molecule has 0 bridgehead atoms. The molecule has 1 atom stereocenters. The van der Waals surface area contributed by atoms with Gasteiger partial charge in [0.05, 0.1) is 0 Å². The lowest BCUT2D eigenvalue weighted by Gasteiger charge is -2.33. The standard InChI is InChI=1S/C13H26F2N2/c1-2-3-4-5-6-12(17-16)11-7-9-13(14,15)10-8-11/h11-12,17H,2-10,16H2,1H3. The average Bonchev–Trinajstić information content (AvgIpc) is 2.30. The zero-order chi connectivity index (χ0) is 12.7. The molecule has 17 heavy (non-hydrogen) atoms. The van der Waals surface area contributed by atoms with Crippen molar-refractivity contribution in [3.8, 4) is 0 Å². The Morgan fingerprint density at radius 3 is 2.41 bits per heavy atom. The van der Waals surface area contributed by atoms with Gasteiger partial charge in [0.25, 0.3) is 0 Å². The summed E-state index contributed by atoms with van der Waals surface area (Å²) in [5.41, 5.74) is 2.83. The van der Waals surface area contributed by atoms with Gasteiger partial charge in [-0.25, -0.2) is 8.78 Å². The Hall–Kier alpha value is -0.220. The molecule has 0 aliphatic heterocycles. The summed E-state index contributed by atoms with van der Waals surface area (Å²) < 4.78 is 26.1. The quantitative estimate of drug-likeness (QED) is 0.410. The molecule has 1 saturated carbocycles. The minimum atomic E-state index is -2.43. The first-order valence-electron chi connectivity index (χ1n) is 6.93. The number of halogens is 2. The van der Waals surface area contributed by atoms with Gasteiger partial charge in [0.1, 0.15) is 0 Å². The van der Waals surface area contributed by atoms with Crippen molar-refractivity contribution in [2.75, 3.05) is 0 Å². The number of nitrogens with two attached hydrogens (primary N) is 1. The van der Waals surface area contributed by atoms with Crippen LogP contribution in [0.4, 0.5) is 8.78 Å². The lowest BCUT2D eigenvalue weighted by atomic mass is 9.80. The third-order valence-corrected chi connectivity index (χ3v) is 3.91. The fourth-order valence-electron chi connectivity index (χ4n) is 2.71. The molecule has 0 radical (unpaired) electrons. The largest absolute Gasteiger partial charge is 0.271 e. The van der Waals surface area contributed by atoms with E-state index in [0.717, 1.165) is 12.8 Å². The number of hydrazine groups is 1. The van der Waals surface area contributed by atoms with E-state index in [4.69, 9.17) is 5.84 Å². The molecule has 0 spiro atoms. The van der Waals surface area contributed by atoms with Gasteiger partial charge in [-0.05, 0) is 25.2 Å². The average molecular weight is 248 g/mol. The normalized spacial score (nSPS) is 22.6. The van der Waals surface area contributed by atoms with E-state index in [1.165, 1.54) is 19.3 Å². The molecule has 2 nitrogen and oxygen atoms in total. The smallest absolute Gasteiger partial charge is 0.248 e. The lowest BCUT2D eigenvalue weighted by molar-refractivity contribution is -0.0499. The summed E-state index contributed by atoms with van der Waals surface area (Å²) in [6.07, 6.45) is 7.14. The van der Waals surface area contributed by atoms with Crippen LogP contribution in [0.25, 0.3) is 0 Å². The van der Waals surface area contributed by atoms with Crippen molar-refractivity contribution in [3.63, 3.8) is 0 Å². The lowest BCUT2D eigenvalue weighted by Crippen LogP contribution is -2.43. The Morgan fingerprint density at radius 2 is 1.88 bits per heavy atom. The van der Waals surface area contributed by atoms with Crippen LogP contribution in [0.15, 0.2) is 0 Å². The fourth-order valence-corrected chi connectivity index (χ4v) is 2.71. The zero-order valence-corrected chi connectivity index (χ0v) is 10.9. The van der Waals surface area contributed by atoms with Crippen LogP contribution in [0.5, 0.6) is 0 Å². The molecule has 0 aromatic heterocycles. The van der Waals surface area contributed by atoms with Crippen molar-refractivity contribution in [3.05, 3.63) is 0 Å². The molecule has 1 unspecified atom stereocenters. The van der Waals surface area contributed by atoms with Gasteiger partial charge in [-0.2, -0.15) is 0 Å². The minimum absolute atomic E-state index is 0.0325. The zero-order valence-electron chi connectivity index (χ0n) is 10.9. The topological polar surface area (TPSA) is 38.0 Å². The molecule has 1 rings (SSSR count). The molecule has 0 aromatic rings. The van der Waals surface area contributed by atoms with Crippen molar-refractivity contribution in [2.24, 2.45) is 11.8 Å². The van der Waals surface area contributed by atoms with Crippen LogP contribution in [0.1, 0.15) is 64.7 Å². The predicted octanol–water partition coefficient (Wildman–Crippen LogP) is 3.61. The number of unbranched alkanes of at least 4 members (excludes halogenated alkanes) is 3. The summed E-state index contributed by atoms with van der Waals surface area (Å²) in [7, 11) is 0. The Balaban J connectivity index is 2.26. The highest BCUT2D eigenvalue weighted by Crippen LogP contribution is 2.38. The van der Waals surface area contributed by atoms with E-state index in [9.17, 15) is 8.78 Å². The van der Waals surface area contributed by atoms with Crippen molar-refractivity contribution in [1.29, 1.82) is 0 Å². The molecule has 0 aromatic carbocycles. The first-order chi connectivity index (χ1) is 8.09. The molecule has 1 fully saturated rings. The van der Waals surface area contributed by atoms with Crippen LogP contribution in [0.2, 0.25) is 0 Å². The first kappa shape index (κ1) is 14.8. The van der Waals surface area contributed by atoms with Crippen molar-refractivity contribution < 1.29 is 8.78 Å². The van der Waals surface area contributed by atoms with E-state index in [2.05, 4.69) is 12.3 Å². The summed E-state index contributed by atoms with van der Waals surface area (Å²) >= 11 is 0. The summed E-state index contributed by atoms with van der Waals surface area (Å²) in [5.74, 6) is 3.45. The second-order valence-corrected chi connectivity index (χ2v) is 5.32. The number of hydrogen-bond donors (Lipinski definition) is 2. The van der Waals surface area contributed by atoms with E-state index in [1.54, 1.807) is 0 Å². The summed E-state index contributed by atoms with van der Waals surface area (Å²) in [6.45, 7) is 2.18. The van der Waals surface area contributed by atoms with Crippen LogP contribution >= 0.6 is 0 Å². The first-order valence-corrected chi connectivity index (χ1v) is 6.93. The van der Waals surface area contributed by atoms with Gasteiger partial charge in [0, 0.05) is 18.9 Å². The Labute approximate surface area is 103 Å². The van der Waals surface area contributed by atoms with E-state index in [1.807, 2.05) is 0 Å². The molecular formula is C13H26F2N2. The van der Waals surface area contributed by atoms with Crippen LogP contribution in [0.3, 0.4) is 0 Å². The van der Waals surface area contributed by atoms with E-state index >= 15 is 0 Å². The van der Waals surface area contributed by atoms with Gasteiger partial charge < -0.3 is 0 Å². The molecule has 102 valence electrons. The van der Waals surface area contributed by atoms with Gasteiger partial charge in [-0.3, -0.25) is 11.3 Å². The van der Waals surface area contributed by atoms with Gasteiger partial charge in [-0.1, -0.05) is 32.6 Å². The molecule has 3 N–H and O–H groups in total. The van der Waals surface area contributed by atoms with E-state index in [-0.39, 0.29) is 18.9 Å². The molecule has 1 aliphatic rings. The third kappa shape index (κ3) is 5.30. The maximum atomic E-state index is 13.0. The molecule has 0 amide bonds. The summed E-state index contributed by atoms with van der Waals surface area (Å²) in [5, 5.41) is 0. The van der Waals surface area contributed by atoms with E-state index in [0.29, 0.717) is 18.8 Å². The monoisotopic (exact) mass is 248 g/mol. The molecule has 4 heteroatoms. The number of hydrogen-bond acceptors (Lipinski definition) is 2. The number of rotatable bonds is 7. The number of nitrogens with one attached hydrogen (secondary N) is 1. The maximum absolute atomic E-state index is 13.0. The van der Waals surface area contributed by atoms with Crippen LogP contribution in [0, 0.1) is 5.92 Å². The van der Waals surface area contributed by atoms with Gasteiger partial charge >= 0.3 is 0 Å². The Morgan fingerprint density at radius 1 is 1.24 bits per heavy atom. The van der Waals surface area contributed by atoms with E-state index < -0.39 is 5.92 Å². The molecule has 0 saturated heterocycles. The van der Waals surface area contributed by atoms with Gasteiger partial charge in [0.15, 0.2) is 0 Å². The van der Waals surface area contributed by atoms with Crippen LogP contribution < -0.4 is 11.3 Å². The predicted molar refractivity (Wildman–Crippen MR) is 66.8 cm³/mol. The highest BCUT2D eigenvalue weighted by Gasteiger charge is 2.37. The molecular weight excluding hydrogens is 222 g/mol. The van der Waals surface area contributed by atoms with Crippen LogP contribution in [-0.4, -0.2) is 12.0 Å². The molecule has 1 aliphatic carbocycles. The minimum Gasteiger partial charge on any atom is -0.271 e. The Kier molecular flexibility index (Phi) is 6.34. The maximum Gasteiger partial charge on any atom is 0.248 e. The second kappa shape index (κ2) is 7.27. The number of alkyl halides is 2. The third-order valence-electron chi connectivity index (χ3n) is 3.91. The fraction of sp³-hybridized carbons (Fsp3) is 1.00. The Bertz CT molecular complexity index is 200. The summed E-state index contributed by atoms with van der Waals surface area (Å²) in [4.78, 5) is 0. The van der Waals surface area contributed by atoms with Crippen LogP contribution in [-0.2, 0) is 0 Å². The molecule has 0 heterocycles. The SMILES string of the molecule is CCCCCCC(NN)C1CCC(F)(F)CC1. The van der Waals surface area contributed by atoms with Gasteiger partial charge in [-0.15, -0.1) is 0 Å². The highest BCUT2D eigenvalue weighted by atomic mass is 19.3. The van der Waals surface area contributed by atoms with Crippen molar-refractivity contribution >= 4 is 0 Å². The second-order valence-electron chi connectivity index (χ2n) is 5.32. The highest BCUT2D eigenvalue weighted by molar-refractivity contribution is 4.83. The van der Waals surface area contributed by atoms with Crippen molar-refractivity contribution in [1.82, 2.24) is 5.43 Å². The van der Waals surface area contributed by atoms with Gasteiger partial charge in [0.2, 0.25) is 5.92 Å². The van der Waals surface area contributed by atoms with Crippen molar-refractivity contribution in [2.45, 2.75) is 76.7 Å². The summed E-state index contributed by atoms with van der Waals surface area (Å²) in [6, 6.07) is 0.225.